The molecule has 0 atom stereocenters. The number of anilines is 1. The molecule has 2 heterocycles. The minimum absolute atomic E-state index is 0.0460. The minimum atomic E-state index is -4.64. The number of hydrogen-bond acceptors (Lipinski definition) is 6. The molecular formula is C16H12F3N3O3. The first kappa shape index (κ1) is 16.7. The molecule has 0 saturated carbocycles. The molecule has 6 nitrogen and oxygen atoms in total. The number of aromatic nitrogens is 2. The predicted molar refractivity (Wildman–Crippen MR) is 83.9 cm³/mol. The van der Waals surface area contributed by atoms with E-state index >= 15 is 0 Å². The summed E-state index contributed by atoms with van der Waals surface area (Å²) in [4.78, 5) is 20.0. The fourth-order valence-electron chi connectivity index (χ4n) is 2.04. The molecule has 0 radical (unpaired) electrons. The Labute approximate surface area is 139 Å². The molecule has 25 heavy (non-hydrogen) atoms. The number of halogens is 3. The van der Waals surface area contributed by atoms with Crippen molar-refractivity contribution in [3.05, 3.63) is 52.5 Å². The van der Waals surface area contributed by atoms with Crippen LogP contribution in [0.3, 0.4) is 0 Å². The number of rotatable bonds is 3. The SMILES string of the molecule is CN(C)c1cc(C(F)(F)F)nc(Oc2ccc3ccc(=O)oc3c2)n1. The van der Waals surface area contributed by atoms with Crippen LogP contribution < -0.4 is 15.3 Å². The van der Waals surface area contributed by atoms with Crippen LogP contribution in [-0.2, 0) is 6.18 Å². The summed E-state index contributed by atoms with van der Waals surface area (Å²) in [5.41, 5.74) is -1.42. The van der Waals surface area contributed by atoms with Gasteiger partial charge in [0.2, 0.25) is 0 Å². The van der Waals surface area contributed by atoms with Crippen molar-refractivity contribution in [2.75, 3.05) is 19.0 Å². The van der Waals surface area contributed by atoms with Crippen molar-refractivity contribution in [1.82, 2.24) is 9.97 Å². The molecule has 0 aliphatic rings. The largest absolute Gasteiger partial charge is 0.433 e. The Balaban J connectivity index is 2.02. The molecule has 0 aliphatic carbocycles. The molecule has 0 saturated heterocycles. The van der Waals surface area contributed by atoms with Crippen LogP contribution >= 0.6 is 0 Å². The van der Waals surface area contributed by atoms with Gasteiger partial charge >= 0.3 is 17.8 Å². The van der Waals surface area contributed by atoms with Gasteiger partial charge in [0.1, 0.15) is 17.2 Å². The Morgan fingerprint density at radius 2 is 1.80 bits per heavy atom. The Hall–Kier alpha value is -3.10. The third kappa shape index (κ3) is 3.70. The molecule has 0 unspecified atom stereocenters. The predicted octanol–water partition coefficient (Wildman–Crippen LogP) is 3.46. The van der Waals surface area contributed by atoms with Crippen molar-refractivity contribution in [3.8, 4) is 11.8 Å². The van der Waals surface area contributed by atoms with E-state index in [-0.39, 0.29) is 17.2 Å². The zero-order valence-corrected chi connectivity index (χ0v) is 13.2. The zero-order valence-electron chi connectivity index (χ0n) is 13.2. The Morgan fingerprint density at radius 1 is 1.08 bits per heavy atom. The summed E-state index contributed by atoms with van der Waals surface area (Å²) < 4.78 is 49.3. The third-order valence-electron chi connectivity index (χ3n) is 3.24. The molecule has 0 bridgehead atoms. The highest BCUT2D eigenvalue weighted by molar-refractivity contribution is 5.77. The Bertz CT molecular complexity index is 984. The van der Waals surface area contributed by atoms with E-state index in [9.17, 15) is 18.0 Å². The van der Waals surface area contributed by atoms with Crippen LogP contribution in [0.2, 0.25) is 0 Å². The summed E-state index contributed by atoms with van der Waals surface area (Å²) >= 11 is 0. The van der Waals surface area contributed by atoms with Crippen molar-refractivity contribution in [1.29, 1.82) is 0 Å². The number of benzene rings is 1. The van der Waals surface area contributed by atoms with Gasteiger partial charge in [-0.1, -0.05) is 0 Å². The second-order valence-corrected chi connectivity index (χ2v) is 5.34. The third-order valence-corrected chi connectivity index (χ3v) is 3.24. The molecule has 9 heteroatoms. The summed E-state index contributed by atoms with van der Waals surface area (Å²) in [5.74, 6) is 0.190. The quantitative estimate of drug-likeness (QED) is 0.673. The highest BCUT2D eigenvalue weighted by Gasteiger charge is 2.34. The Morgan fingerprint density at radius 3 is 2.48 bits per heavy atom. The van der Waals surface area contributed by atoms with Crippen molar-refractivity contribution in [3.63, 3.8) is 0 Å². The molecule has 3 rings (SSSR count). The highest BCUT2D eigenvalue weighted by Crippen LogP contribution is 2.32. The first-order valence-corrected chi connectivity index (χ1v) is 7.08. The summed E-state index contributed by atoms with van der Waals surface area (Å²) in [7, 11) is 3.11. The van der Waals surface area contributed by atoms with Gasteiger partial charge in [-0.05, 0) is 18.2 Å². The highest BCUT2D eigenvalue weighted by atomic mass is 19.4. The van der Waals surface area contributed by atoms with Gasteiger partial charge in [0.05, 0.1) is 0 Å². The van der Waals surface area contributed by atoms with Gasteiger partial charge in [-0.3, -0.25) is 0 Å². The summed E-state index contributed by atoms with van der Waals surface area (Å²) in [6.07, 6.45) is -4.64. The molecule has 0 aliphatic heterocycles. The van der Waals surface area contributed by atoms with Gasteiger partial charge in [0.25, 0.3) is 0 Å². The van der Waals surface area contributed by atoms with E-state index in [2.05, 4.69) is 9.97 Å². The lowest BCUT2D eigenvalue weighted by Crippen LogP contribution is -2.16. The molecule has 1 aromatic carbocycles. The number of hydrogen-bond donors (Lipinski definition) is 0. The van der Waals surface area contributed by atoms with Crippen LogP contribution in [0.15, 0.2) is 45.6 Å². The smallest absolute Gasteiger partial charge is 0.424 e. The molecule has 0 amide bonds. The van der Waals surface area contributed by atoms with Crippen LogP contribution in [0.1, 0.15) is 5.69 Å². The molecule has 130 valence electrons. The van der Waals surface area contributed by atoms with Crippen LogP contribution in [0.4, 0.5) is 19.0 Å². The van der Waals surface area contributed by atoms with Crippen LogP contribution in [0.25, 0.3) is 11.0 Å². The van der Waals surface area contributed by atoms with E-state index in [1.54, 1.807) is 26.2 Å². The topological polar surface area (TPSA) is 68.5 Å². The monoisotopic (exact) mass is 351 g/mol. The maximum absolute atomic E-state index is 13.0. The summed E-state index contributed by atoms with van der Waals surface area (Å²) in [6.45, 7) is 0. The number of fused-ring (bicyclic) bond motifs is 1. The van der Waals surface area contributed by atoms with E-state index in [4.69, 9.17) is 9.15 Å². The van der Waals surface area contributed by atoms with Gasteiger partial charge in [-0.25, -0.2) is 4.79 Å². The van der Waals surface area contributed by atoms with E-state index in [1.807, 2.05) is 0 Å². The van der Waals surface area contributed by atoms with E-state index in [0.29, 0.717) is 5.39 Å². The number of alkyl halides is 3. The lowest BCUT2D eigenvalue weighted by atomic mass is 10.2. The Kier molecular flexibility index (Phi) is 4.07. The number of nitrogens with zero attached hydrogens (tertiary/aromatic N) is 3. The second-order valence-electron chi connectivity index (χ2n) is 5.34. The van der Waals surface area contributed by atoms with Gasteiger partial charge in [-0.15, -0.1) is 0 Å². The molecule has 0 N–H and O–H groups in total. The molecule has 0 spiro atoms. The van der Waals surface area contributed by atoms with Gasteiger partial charge in [0.15, 0.2) is 5.69 Å². The second kappa shape index (κ2) is 6.08. The summed E-state index contributed by atoms with van der Waals surface area (Å²) in [6, 6.07) is 7.70. The van der Waals surface area contributed by atoms with Crippen LogP contribution in [-0.4, -0.2) is 24.1 Å². The maximum atomic E-state index is 13.0. The number of ether oxygens (including phenoxy) is 1. The van der Waals surface area contributed by atoms with Crippen LogP contribution in [0.5, 0.6) is 11.8 Å². The first-order chi connectivity index (χ1) is 11.7. The minimum Gasteiger partial charge on any atom is -0.424 e. The first-order valence-electron chi connectivity index (χ1n) is 7.08. The van der Waals surface area contributed by atoms with Crippen molar-refractivity contribution in [2.45, 2.75) is 6.18 Å². The van der Waals surface area contributed by atoms with Gasteiger partial charge < -0.3 is 14.1 Å². The molecule has 3 aromatic rings. The normalized spacial score (nSPS) is 11.6. The average Bonchev–Trinajstić information content (AvgIpc) is 2.53. The zero-order chi connectivity index (χ0) is 18.2. The van der Waals surface area contributed by atoms with E-state index in [0.717, 1.165) is 6.07 Å². The fraction of sp³-hybridized carbons (Fsp3) is 0.188. The van der Waals surface area contributed by atoms with Crippen molar-refractivity contribution < 1.29 is 22.3 Å². The van der Waals surface area contributed by atoms with Crippen LogP contribution in [0, 0.1) is 0 Å². The fourth-order valence-corrected chi connectivity index (χ4v) is 2.04. The molecular weight excluding hydrogens is 339 g/mol. The average molecular weight is 351 g/mol. The lowest BCUT2D eigenvalue weighted by Gasteiger charge is -2.15. The van der Waals surface area contributed by atoms with Gasteiger partial charge in [0, 0.05) is 37.7 Å². The molecule has 0 fully saturated rings. The lowest BCUT2D eigenvalue weighted by molar-refractivity contribution is -0.141. The standard InChI is InChI=1S/C16H12F3N3O3/c1-22(2)13-8-12(16(17,18)19)20-15(21-13)24-10-5-3-9-4-6-14(23)25-11(9)7-10/h3-8H,1-2H3. The maximum Gasteiger partial charge on any atom is 0.433 e. The molecule has 2 aromatic heterocycles. The van der Waals surface area contributed by atoms with E-state index < -0.39 is 23.5 Å². The van der Waals surface area contributed by atoms with Crippen molar-refractivity contribution in [2.24, 2.45) is 0 Å². The van der Waals surface area contributed by atoms with Gasteiger partial charge in [-0.2, -0.15) is 23.1 Å². The van der Waals surface area contributed by atoms with E-state index in [1.165, 1.54) is 23.1 Å². The van der Waals surface area contributed by atoms with Crippen molar-refractivity contribution >= 4 is 16.8 Å². The summed E-state index contributed by atoms with van der Waals surface area (Å²) in [5, 5.41) is 0.644.